The van der Waals surface area contributed by atoms with Crippen LogP contribution in [0, 0.1) is 20.8 Å². The van der Waals surface area contributed by atoms with Gasteiger partial charge in [-0.15, -0.1) is 0 Å². The smallest absolute Gasteiger partial charge is 0.153 e. The van der Waals surface area contributed by atoms with E-state index in [2.05, 4.69) is 30.1 Å². The van der Waals surface area contributed by atoms with Gasteiger partial charge in [-0.25, -0.2) is 8.42 Å². The number of hydrogen-bond acceptors (Lipinski definition) is 5. The number of nitrogens with zero attached hydrogens (tertiary/aromatic N) is 1. The second-order valence-corrected chi connectivity index (χ2v) is 9.08. The molecule has 5 nitrogen and oxygen atoms in total. The summed E-state index contributed by atoms with van der Waals surface area (Å²) in [4.78, 5) is 2.30. The minimum Gasteiger partial charge on any atom is -0.392 e. The lowest BCUT2D eigenvalue weighted by Crippen LogP contribution is -2.56. The fourth-order valence-electron chi connectivity index (χ4n) is 4.10. The summed E-state index contributed by atoms with van der Waals surface area (Å²) in [5.74, 6) is 0.503. The molecule has 0 unspecified atom stereocenters. The molecule has 1 aromatic carbocycles. The summed E-state index contributed by atoms with van der Waals surface area (Å²) in [6.07, 6.45) is 0. The Morgan fingerprint density at radius 3 is 2.61 bits per heavy atom. The molecule has 1 aromatic rings. The van der Waals surface area contributed by atoms with Gasteiger partial charge >= 0.3 is 0 Å². The first kappa shape index (κ1) is 16.9. The Morgan fingerprint density at radius 1 is 1.22 bits per heavy atom. The van der Waals surface area contributed by atoms with Gasteiger partial charge in [0, 0.05) is 31.7 Å². The van der Waals surface area contributed by atoms with E-state index in [-0.39, 0.29) is 30.2 Å². The molecule has 128 valence electrons. The van der Waals surface area contributed by atoms with Crippen molar-refractivity contribution in [2.24, 2.45) is 0 Å². The van der Waals surface area contributed by atoms with E-state index in [1.165, 1.54) is 11.1 Å². The first-order valence-electron chi connectivity index (χ1n) is 8.19. The number of rotatable bonds is 3. The SMILES string of the molecule is Cc1cc(C)c(CN2CCN[C@@H]3CS(=O)(=O)C[C@@H]32)c(C)c1CO. The van der Waals surface area contributed by atoms with Crippen LogP contribution in [0.15, 0.2) is 6.07 Å². The number of aliphatic hydroxyl groups excluding tert-OH is 1. The Labute approximate surface area is 138 Å². The molecule has 2 fully saturated rings. The van der Waals surface area contributed by atoms with Crippen molar-refractivity contribution in [3.8, 4) is 0 Å². The summed E-state index contributed by atoms with van der Waals surface area (Å²) in [6, 6.07) is 2.24. The van der Waals surface area contributed by atoms with Gasteiger partial charge in [0.15, 0.2) is 9.84 Å². The van der Waals surface area contributed by atoms with Crippen molar-refractivity contribution in [2.45, 2.75) is 46.0 Å². The van der Waals surface area contributed by atoms with E-state index < -0.39 is 9.84 Å². The molecule has 3 rings (SSSR count). The zero-order chi connectivity index (χ0) is 16.8. The van der Waals surface area contributed by atoms with Gasteiger partial charge in [0.2, 0.25) is 0 Å². The number of aliphatic hydroxyl groups is 1. The fourth-order valence-corrected chi connectivity index (χ4v) is 6.09. The van der Waals surface area contributed by atoms with Crippen LogP contribution in [0.25, 0.3) is 0 Å². The van der Waals surface area contributed by atoms with Crippen molar-refractivity contribution in [2.75, 3.05) is 24.6 Å². The summed E-state index contributed by atoms with van der Waals surface area (Å²) in [5.41, 5.74) is 5.70. The molecule has 2 aliphatic heterocycles. The normalized spacial score (nSPS) is 27.1. The summed E-state index contributed by atoms with van der Waals surface area (Å²) in [5, 5.41) is 13.0. The summed E-state index contributed by atoms with van der Waals surface area (Å²) >= 11 is 0. The highest BCUT2D eigenvalue weighted by atomic mass is 32.2. The first-order valence-corrected chi connectivity index (χ1v) is 10.0. The topological polar surface area (TPSA) is 69.6 Å². The molecule has 0 aliphatic carbocycles. The number of sulfone groups is 1. The van der Waals surface area contributed by atoms with Crippen LogP contribution in [0.5, 0.6) is 0 Å². The van der Waals surface area contributed by atoms with Gasteiger partial charge in [-0.05, 0) is 48.6 Å². The van der Waals surface area contributed by atoms with Gasteiger partial charge in [0.1, 0.15) is 0 Å². The third kappa shape index (κ3) is 3.18. The highest BCUT2D eigenvalue weighted by Gasteiger charge is 2.42. The zero-order valence-corrected chi connectivity index (χ0v) is 14.9. The number of piperazine rings is 1. The van der Waals surface area contributed by atoms with Crippen LogP contribution >= 0.6 is 0 Å². The summed E-state index contributed by atoms with van der Waals surface area (Å²) < 4.78 is 23.9. The molecule has 0 saturated carbocycles. The number of nitrogens with one attached hydrogen (secondary N) is 1. The van der Waals surface area contributed by atoms with E-state index in [9.17, 15) is 13.5 Å². The average molecular weight is 338 g/mol. The predicted molar refractivity (Wildman–Crippen MR) is 91.2 cm³/mol. The number of benzene rings is 1. The maximum Gasteiger partial charge on any atom is 0.153 e. The average Bonchev–Trinajstić information content (AvgIpc) is 2.78. The molecule has 0 bridgehead atoms. The molecule has 2 aliphatic rings. The van der Waals surface area contributed by atoms with Crippen molar-refractivity contribution in [1.82, 2.24) is 10.2 Å². The minimum absolute atomic E-state index is 0.0485. The third-order valence-electron chi connectivity index (χ3n) is 5.41. The lowest BCUT2D eigenvalue weighted by atomic mass is 9.92. The molecule has 2 N–H and O–H groups in total. The van der Waals surface area contributed by atoms with Crippen LogP contribution in [0.1, 0.15) is 27.8 Å². The van der Waals surface area contributed by atoms with Crippen molar-refractivity contribution in [1.29, 1.82) is 0 Å². The lowest BCUT2D eigenvalue weighted by molar-refractivity contribution is 0.140. The minimum atomic E-state index is -2.94. The van der Waals surface area contributed by atoms with Crippen LogP contribution in [-0.2, 0) is 23.0 Å². The monoisotopic (exact) mass is 338 g/mol. The second kappa shape index (κ2) is 6.16. The van der Waals surface area contributed by atoms with E-state index in [1.807, 2.05) is 6.92 Å². The van der Waals surface area contributed by atoms with Gasteiger partial charge in [0.05, 0.1) is 18.1 Å². The fraction of sp³-hybridized carbons (Fsp3) is 0.647. The largest absolute Gasteiger partial charge is 0.392 e. The molecule has 23 heavy (non-hydrogen) atoms. The zero-order valence-electron chi connectivity index (χ0n) is 14.1. The highest BCUT2D eigenvalue weighted by Crippen LogP contribution is 2.27. The van der Waals surface area contributed by atoms with Crippen LogP contribution < -0.4 is 5.32 Å². The van der Waals surface area contributed by atoms with Crippen LogP contribution in [0.4, 0.5) is 0 Å². The van der Waals surface area contributed by atoms with Crippen molar-refractivity contribution in [3.05, 3.63) is 33.9 Å². The third-order valence-corrected chi connectivity index (χ3v) is 7.12. The molecule has 0 aromatic heterocycles. The van der Waals surface area contributed by atoms with E-state index in [4.69, 9.17) is 0 Å². The van der Waals surface area contributed by atoms with Crippen molar-refractivity contribution < 1.29 is 13.5 Å². The number of hydrogen-bond donors (Lipinski definition) is 2. The molecular weight excluding hydrogens is 312 g/mol. The maximum atomic E-state index is 12.0. The summed E-state index contributed by atoms with van der Waals surface area (Å²) in [6.45, 7) is 8.68. The number of fused-ring (bicyclic) bond motifs is 1. The Kier molecular flexibility index (Phi) is 4.53. The molecular formula is C17H26N2O3S. The molecule has 6 heteroatoms. The molecule has 0 amide bonds. The number of aryl methyl sites for hydroxylation is 2. The lowest BCUT2D eigenvalue weighted by Gasteiger charge is -2.38. The van der Waals surface area contributed by atoms with E-state index in [0.717, 1.165) is 36.3 Å². The van der Waals surface area contributed by atoms with Gasteiger partial charge < -0.3 is 10.4 Å². The van der Waals surface area contributed by atoms with Gasteiger partial charge in [-0.2, -0.15) is 0 Å². The molecule has 2 heterocycles. The predicted octanol–water partition coefficient (Wildman–Crippen LogP) is 0.675. The Bertz CT molecular complexity index is 715. The van der Waals surface area contributed by atoms with E-state index in [1.54, 1.807) is 0 Å². The van der Waals surface area contributed by atoms with Crippen LogP contribution in [0.3, 0.4) is 0 Å². The Morgan fingerprint density at radius 2 is 1.91 bits per heavy atom. The standard InChI is InChI=1S/C17H26N2O3S/c1-11-6-12(2)15(8-20)13(3)14(11)7-19-5-4-18-16-9-23(21,22)10-17(16)19/h6,16-18,20H,4-5,7-10H2,1-3H3/t16-,17+/m1/s1. The Balaban J connectivity index is 1.90. The van der Waals surface area contributed by atoms with Crippen LogP contribution in [-0.4, -0.2) is 55.1 Å². The molecule has 2 saturated heterocycles. The maximum absolute atomic E-state index is 12.0. The quantitative estimate of drug-likeness (QED) is 0.848. The van der Waals surface area contributed by atoms with Gasteiger partial charge in [0.25, 0.3) is 0 Å². The molecule has 0 spiro atoms. The summed E-state index contributed by atoms with van der Waals surface area (Å²) in [7, 11) is -2.94. The first-order chi connectivity index (χ1) is 10.8. The van der Waals surface area contributed by atoms with Gasteiger partial charge in [-0.1, -0.05) is 6.07 Å². The van der Waals surface area contributed by atoms with Gasteiger partial charge in [-0.3, -0.25) is 4.90 Å². The second-order valence-electron chi connectivity index (χ2n) is 6.93. The molecule has 2 atom stereocenters. The van der Waals surface area contributed by atoms with Crippen LogP contribution in [0.2, 0.25) is 0 Å². The van der Waals surface area contributed by atoms with Crippen molar-refractivity contribution >= 4 is 9.84 Å². The van der Waals surface area contributed by atoms with E-state index in [0.29, 0.717) is 0 Å². The Hall–Kier alpha value is -0.950. The highest BCUT2D eigenvalue weighted by molar-refractivity contribution is 7.91. The van der Waals surface area contributed by atoms with E-state index >= 15 is 0 Å². The van der Waals surface area contributed by atoms with Crippen molar-refractivity contribution in [3.63, 3.8) is 0 Å². The molecule has 0 radical (unpaired) electrons.